The molecule has 1 unspecified atom stereocenters. The van der Waals surface area contributed by atoms with Crippen molar-refractivity contribution in [2.24, 2.45) is 5.92 Å². The fourth-order valence-corrected chi connectivity index (χ4v) is 2.18. The molecule has 0 aliphatic rings. The predicted octanol–water partition coefficient (Wildman–Crippen LogP) is 1.72. The molecule has 0 spiro atoms. The molecule has 21 heavy (non-hydrogen) atoms. The maximum absolute atomic E-state index is 12.0. The smallest absolute Gasteiger partial charge is 0.254 e. The average Bonchev–Trinajstić information content (AvgIpc) is 2.52. The number of amides is 1. The maximum atomic E-state index is 12.0. The molecule has 0 aliphatic carbocycles. The van der Waals surface area contributed by atoms with E-state index in [-0.39, 0.29) is 18.4 Å². The number of aliphatic hydroxyl groups is 1. The molecule has 0 saturated carbocycles. The molecule has 0 aromatic carbocycles. The first-order valence-corrected chi connectivity index (χ1v) is 7.08. The maximum Gasteiger partial charge on any atom is 0.254 e. The zero-order valence-electron chi connectivity index (χ0n) is 11.5. The Kier molecular flexibility index (Phi) is 5.59. The average molecular weight is 303 g/mol. The number of hydrogen-bond acceptors (Lipinski definition) is 4. The lowest BCUT2D eigenvalue weighted by Crippen LogP contribution is -2.32. The summed E-state index contributed by atoms with van der Waals surface area (Å²) in [4.78, 5) is 19.1. The van der Waals surface area contributed by atoms with Crippen LogP contribution in [0.5, 0.6) is 0 Å². The van der Waals surface area contributed by atoms with E-state index in [1.54, 1.807) is 24.5 Å². The first kappa shape index (κ1) is 15.3. The minimum absolute atomic E-state index is 0.0154. The molecule has 2 rings (SSSR count). The second-order valence-electron chi connectivity index (χ2n) is 4.70. The quantitative estimate of drug-likeness (QED) is 0.710. The summed E-state index contributed by atoms with van der Waals surface area (Å²) in [6.07, 6.45) is 4.00. The van der Waals surface area contributed by atoms with Gasteiger partial charge >= 0.3 is 0 Å². The van der Waals surface area contributed by atoms with Crippen molar-refractivity contribution in [3.05, 3.63) is 58.6 Å². The summed E-state index contributed by atoms with van der Waals surface area (Å²) >= 11 is 5.07. The van der Waals surface area contributed by atoms with Crippen LogP contribution in [0, 0.1) is 10.6 Å². The number of carbonyl (C=O) groups is 1. The Balaban J connectivity index is 1.93. The van der Waals surface area contributed by atoms with Crippen LogP contribution in [0.25, 0.3) is 0 Å². The zero-order valence-corrected chi connectivity index (χ0v) is 12.3. The third-order valence-corrected chi connectivity index (χ3v) is 3.43. The highest BCUT2D eigenvalue weighted by atomic mass is 32.1. The van der Waals surface area contributed by atoms with Crippen LogP contribution in [-0.2, 0) is 6.42 Å². The van der Waals surface area contributed by atoms with E-state index in [2.05, 4.69) is 15.3 Å². The SMILES string of the molecule is O=C(NCC(CO)Cc1ccccn1)c1ccc[nH]c1=S. The van der Waals surface area contributed by atoms with Crippen LogP contribution in [-0.4, -0.2) is 34.1 Å². The Morgan fingerprint density at radius 2 is 2.24 bits per heavy atom. The van der Waals surface area contributed by atoms with E-state index >= 15 is 0 Å². The van der Waals surface area contributed by atoms with Crippen molar-refractivity contribution in [3.63, 3.8) is 0 Å². The van der Waals surface area contributed by atoms with Crippen LogP contribution in [0.4, 0.5) is 0 Å². The van der Waals surface area contributed by atoms with Crippen LogP contribution in [0.3, 0.4) is 0 Å². The molecular formula is C15H17N3O2S. The molecule has 0 fully saturated rings. The molecule has 0 radical (unpaired) electrons. The lowest BCUT2D eigenvalue weighted by atomic mass is 10.0. The Hall–Kier alpha value is -2.05. The topological polar surface area (TPSA) is 78.0 Å². The normalized spacial score (nSPS) is 11.9. The minimum atomic E-state index is -0.240. The first-order valence-electron chi connectivity index (χ1n) is 6.67. The van der Waals surface area contributed by atoms with Gasteiger partial charge in [-0.1, -0.05) is 18.3 Å². The first-order chi connectivity index (χ1) is 10.2. The van der Waals surface area contributed by atoms with E-state index in [0.29, 0.717) is 23.2 Å². The lowest BCUT2D eigenvalue weighted by Gasteiger charge is -2.14. The Morgan fingerprint density at radius 3 is 2.90 bits per heavy atom. The van der Waals surface area contributed by atoms with Crippen LogP contribution in [0.2, 0.25) is 0 Å². The Labute approximate surface area is 128 Å². The van der Waals surface area contributed by atoms with E-state index in [1.807, 2.05) is 18.2 Å². The van der Waals surface area contributed by atoms with E-state index < -0.39 is 0 Å². The zero-order chi connectivity index (χ0) is 15.1. The van der Waals surface area contributed by atoms with Crippen molar-refractivity contribution in [2.45, 2.75) is 6.42 Å². The van der Waals surface area contributed by atoms with E-state index in [1.165, 1.54) is 0 Å². The van der Waals surface area contributed by atoms with Gasteiger partial charge in [0, 0.05) is 37.2 Å². The summed E-state index contributed by atoms with van der Waals surface area (Å²) in [6.45, 7) is 0.355. The highest BCUT2D eigenvalue weighted by Crippen LogP contribution is 2.06. The molecular weight excluding hydrogens is 286 g/mol. The lowest BCUT2D eigenvalue weighted by molar-refractivity contribution is 0.0939. The molecule has 110 valence electrons. The van der Waals surface area contributed by atoms with Gasteiger partial charge in [-0.15, -0.1) is 0 Å². The molecule has 2 heterocycles. The molecule has 5 nitrogen and oxygen atoms in total. The summed E-state index contributed by atoms with van der Waals surface area (Å²) in [5.74, 6) is -0.318. The van der Waals surface area contributed by atoms with Gasteiger partial charge in [0.15, 0.2) is 0 Å². The predicted molar refractivity (Wildman–Crippen MR) is 82.5 cm³/mol. The molecule has 0 saturated heterocycles. The molecule has 2 aromatic heterocycles. The van der Waals surface area contributed by atoms with Crippen LogP contribution < -0.4 is 5.32 Å². The number of aliphatic hydroxyl groups excluding tert-OH is 1. The van der Waals surface area contributed by atoms with Crippen molar-refractivity contribution in [1.29, 1.82) is 0 Å². The van der Waals surface area contributed by atoms with Crippen molar-refractivity contribution >= 4 is 18.1 Å². The minimum Gasteiger partial charge on any atom is -0.396 e. The Bertz CT molecular complexity index is 643. The van der Waals surface area contributed by atoms with Gasteiger partial charge in [0.25, 0.3) is 5.91 Å². The summed E-state index contributed by atoms with van der Waals surface area (Å²) < 4.78 is 0.403. The van der Waals surface area contributed by atoms with E-state index in [4.69, 9.17) is 12.2 Å². The number of rotatable bonds is 6. The molecule has 1 amide bonds. The molecule has 3 N–H and O–H groups in total. The van der Waals surface area contributed by atoms with Gasteiger partial charge in [-0.25, -0.2) is 0 Å². The fraction of sp³-hybridized carbons (Fsp3) is 0.267. The van der Waals surface area contributed by atoms with Crippen LogP contribution in [0.1, 0.15) is 16.1 Å². The number of pyridine rings is 2. The van der Waals surface area contributed by atoms with Crippen molar-refractivity contribution < 1.29 is 9.90 Å². The summed E-state index contributed by atoms with van der Waals surface area (Å²) in [5.41, 5.74) is 1.32. The number of H-pyrrole nitrogens is 1. The summed E-state index contributed by atoms with van der Waals surface area (Å²) in [7, 11) is 0. The van der Waals surface area contributed by atoms with Gasteiger partial charge < -0.3 is 15.4 Å². The van der Waals surface area contributed by atoms with Gasteiger partial charge in [0.2, 0.25) is 0 Å². The number of hydrogen-bond donors (Lipinski definition) is 3. The van der Waals surface area contributed by atoms with Gasteiger partial charge in [-0.05, 0) is 30.7 Å². The van der Waals surface area contributed by atoms with E-state index in [0.717, 1.165) is 5.69 Å². The van der Waals surface area contributed by atoms with Crippen LogP contribution >= 0.6 is 12.2 Å². The Morgan fingerprint density at radius 1 is 1.38 bits per heavy atom. The number of nitrogens with one attached hydrogen (secondary N) is 2. The third-order valence-electron chi connectivity index (χ3n) is 3.10. The second kappa shape index (κ2) is 7.66. The fourth-order valence-electron chi connectivity index (χ4n) is 1.95. The van der Waals surface area contributed by atoms with E-state index in [9.17, 15) is 9.90 Å². The third kappa shape index (κ3) is 4.47. The highest BCUT2D eigenvalue weighted by Gasteiger charge is 2.13. The number of nitrogens with zero attached hydrogens (tertiary/aromatic N) is 1. The molecule has 0 aliphatic heterocycles. The highest BCUT2D eigenvalue weighted by molar-refractivity contribution is 7.71. The molecule has 0 bridgehead atoms. The van der Waals surface area contributed by atoms with Crippen molar-refractivity contribution in [2.75, 3.05) is 13.2 Å². The number of aromatic nitrogens is 2. The second-order valence-corrected chi connectivity index (χ2v) is 5.10. The van der Waals surface area contributed by atoms with Gasteiger partial charge in [0.1, 0.15) is 4.64 Å². The van der Waals surface area contributed by atoms with Crippen LogP contribution in [0.15, 0.2) is 42.7 Å². The standard InChI is InChI=1S/C15H17N3O2S/c19-10-11(8-12-4-1-2-6-16-12)9-18-14(20)13-5-3-7-17-15(13)21/h1-7,11,19H,8-10H2,(H,17,21)(H,18,20). The molecule has 2 aromatic rings. The summed E-state index contributed by atoms with van der Waals surface area (Å²) in [5, 5.41) is 12.2. The van der Waals surface area contributed by atoms with Crippen molar-refractivity contribution in [3.8, 4) is 0 Å². The molecule has 6 heteroatoms. The number of aromatic amines is 1. The summed E-state index contributed by atoms with van der Waals surface area (Å²) in [6, 6.07) is 9.04. The molecule has 1 atom stereocenters. The van der Waals surface area contributed by atoms with Gasteiger partial charge in [-0.3, -0.25) is 9.78 Å². The van der Waals surface area contributed by atoms with Gasteiger partial charge in [-0.2, -0.15) is 0 Å². The number of carbonyl (C=O) groups excluding carboxylic acids is 1. The largest absolute Gasteiger partial charge is 0.396 e. The van der Waals surface area contributed by atoms with Gasteiger partial charge in [0.05, 0.1) is 5.56 Å². The van der Waals surface area contributed by atoms with Crippen molar-refractivity contribution in [1.82, 2.24) is 15.3 Å². The monoisotopic (exact) mass is 303 g/mol.